The first kappa shape index (κ1) is 13.2. The van der Waals surface area contributed by atoms with Gasteiger partial charge in [0.05, 0.1) is 18.3 Å². The molecule has 1 aromatic heterocycles. The highest BCUT2D eigenvalue weighted by Crippen LogP contribution is 2.11. The standard InChI is InChI=1S/C13H14N4OS/c1-9-3-2-4-10(5-9)7-15-17-12(18)6-11-8-19-13(14)16-11/h2-5,7-8H,6H2,1H3,(H2,14,16)(H,17,18)/b15-7+. The fourth-order valence-electron chi connectivity index (χ4n) is 1.54. The molecule has 98 valence electrons. The molecule has 0 aliphatic rings. The third-order valence-corrected chi connectivity index (χ3v) is 3.08. The quantitative estimate of drug-likeness (QED) is 0.658. The third kappa shape index (κ3) is 4.18. The number of rotatable bonds is 4. The average molecular weight is 274 g/mol. The number of carbonyl (C=O) groups is 1. The second kappa shape index (κ2) is 6.10. The molecule has 5 nitrogen and oxygen atoms in total. The summed E-state index contributed by atoms with van der Waals surface area (Å²) in [4.78, 5) is 15.6. The summed E-state index contributed by atoms with van der Waals surface area (Å²) in [7, 11) is 0. The Balaban J connectivity index is 1.86. The van der Waals surface area contributed by atoms with E-state index in [2.05, 4.69) is 15.5 Å². The van der Waals surface area contributed by atoms with E-state index in [1.807, 2.05) is 31.2 Å². The Hall–Kier alpha value is -2.21. The van der Waals surface area contributed by atoms with Gasteiger partial charge < -0.3 is 5.73 Å². The first-order valence-corrected chi connectivity index (χ1v) is 6.60. The van der Waals surface area contributed by atoms with Gasteiger partial charge in [0.2, 0.25) is 5.91 Å². The molecule has 0 spiro atoms. The molecule has 1 amide bonds. The smallest absolute Gasteiger partial charge is 0.246 e. The maximum atomic E-state index is 11.6. The van der Waals surface area contributed by atoms with Crippen LogP contribution in [0.2, 0.25) is 0 Å². The minimum Gasteiger partial charge on any atom is -0.375 e. The fraction of sp³-hybridized carbons (Fsp3) is 0.154. The predicted octanol–water partition coefficient (Wildman–Crippen LogP) is 1.73. The van der Waals surface area contributed by atoms with E-state index >= 15 is 0 Å². The van der Waals surface area contributed by atoms with Crippen LogP contribution in [0.3, 0.4) is 0 Å². The molecular weight excluding hydrogens is 260 g/mol. The van der Waals surface area contributed by atoms with E-state index in [-0.39, 0.29) is 12.3 Å². The monoisotopic (exact) mass is 274 g/mol. The lowest BCUT2D eigenvalue weighted by atomic mass is 10.2. The highest BCUT2D eigenvalue weighted by molar-refractivity contribution is 7.13. The zero-order valence-corrected chi connectivity index (χ0v) is 11.3. The van der Waals surface area contributed by atoms with Gasteiger partial charge >= 0.3 is 0 Å². The number of nitrogens with one attached hydrogen (secondary N) is 1. The summed E-state index contributed by atoms with van der Waals surface area (Å²) in [6, 6.07) is 7.85. The van der Waals surface area contributed by atoms with Crippen LogP contribution in [0.15, 0.2) is 34.7 Å². The highest BCUT2D eigenvalue weighted by Gasteiger charge is 2.05. The summed E-state index contributed by atoms with van der Waals surface area (Å²) >= 11 is 1.32. The zero-order chi connectivity index (χ0) is 13.7. The van der Waals surface area contributed by atoms with Gasteiger partial charge in [-0.05, 0) is 12.5 Å². The molecule has 2 rings (SSSR count). The van der Waals surface area contributed by atoms with Gasteiger partial charge in [-0.25, -0.2) is 10.4 Å². The Kier molecular flexibility index (Phi) is 4.25. The number of nitrogens with two attached hydrogens (primary N) is 1. The number of thiazole rings is 1. The van der Waals surface area contributed by atoms with Gasteiger partial charge in [-0.1, -0.05) is 29.8 Å². The molecule has 0 fully saturated rings. The Bertz CT molecular complexity index is 606. The molecule has 0 radical (unpaired) electrons. The van der Waals surface area contributed by atoms with Crippen LogP contribution in [-0.2, 0) is 11.2 Å². The van der Waals surface area contributed by atoms with Gasteiger partial charge in [0.25, 0.3) is 0 Å². The van der Waals surface area contributed by atoms with E-state index in [0.717, 1.165) is 11.1 Å². The summed E-state index contributed by atoms with van der Waals surface area (Å²) in [5.74, 6) is -0.214. The number of aromatic nitrogens is 1. The molecule has 2 aromatic rings. The van der Waals surface area contributed by atoms with E-state index in [0.29, 0.717) is 10.8 Å². The van der Waals surface area contributed by atoms with Crippen molar-refractivity contribution in [2.75, 3.05) is 5.73 Å². The van der Waals surface area contributed by atoms with E-state index in [1.54, 1.807) is 11.6 Å². The normalized spacial score (nSPS) is 10.8. The SMILES string of the molecule is Cc1cccc(/C=N/NC(=O)Cc2csc(N)n2)c1. The molecule has 0 aliphatic heterocycles. The maximum Gasteiger partial charge on any atom is 0.246 e. The van der Waals surface area contributed by atoms with E-state index in [9.17, 15) is 4.79 Å². The number of hydrogen-bond donors (Lipinski definition) is 2. The number of nitrogen functional groups attached to an aromatic ring is 1. The molecule has 19 heavy (non-hydrogen) atoms. The van der Waals surface area contributed by atoms with Crippen molar-refractivity contribution < 1.29 is 4.79 Å². The maximum absolute atomic E-state index is 11.6. The van der Waals surface area contributed by atoms with Crippen LogP contribution in [0, 0.1) is 6.92 Å². The largest absolute Gasteiger partial charge is 0.375 e. The lowest BCUT2D eigenvalue weighted by Gasteiger charge is -1.97. The molecule has 1 heterocycles. The molecule has 1 aromatic carbocycles. The molecule has 0 aliphatic carbocycles. The average Bonchev–Trinajstić information content (AvgIpc) is 2.75. The van der Waals surface area contributed by atoms with Crippen LogP contribution in [0.1, 0.15) is 16.8 Å². The lowest BCUT2D eigenvalue weighted by molar-refractivity contribution is -0.120. The van der Waals surface area contributed by atoms with Crippen LogP contribution in [0.5, 0.6) is 0 Å². The Morgan fingerprint density at radius 1 is 1.58 bits per heavy atom. The minimum absolute atomic E-state index is 0.179. The van der Waals surface area contributed by atoms with Gasteiger partial charge in [0.15, 0.2) is 5.13 Å². The molecule has 3 N–H and O–H groups in total. The second-order valence-electron chi connectivity index (χ2n) is 4.06. The van der Waals surface area contributed by atoms with Crippen LogP contribution in [0.25, 0.3) is 0 Å². The van der Waals surface area contributed by atoms with E-state index < -0.39 is 0 Å². The van der Waals surface area contributed by atoms with Crippen molar-refractivity contribution in [2.45, 2.75) is 13.3 Å². The molecule has 0 bridgehead atoms. The number of hydrazone groups is 1. The number of aryl methyl sites for hydroxylation is 1. The number of hydrogen-bond acceptors (Lipinski definition) is 5. The van der Waals surface area contributed by atoms with Crippen LogP contribution < -0.4 is 11.2 Å². The van der Waals surface area contributed by atoms with Gasteiger partial charge in [-0.2, -0.15) is 5.10 Å². The van der Waals surface area contributed by atoms with Crippen molar-refractivity contribution in [3.8, 4) is 0 Å². The van der Waals surface area contributed by atoms with Crippen molar-refractivity contribution in [3.05, 3.63) is 46.5 Å². The topological polar surface area (TPSA) is 80.4 Å². The Morgan fingerprint density at radius 3 is 3.11 bits per heavy atom. The van der Waals surface area contributed by atoms with Crippen molar-refractivity contribution in [3.63, 3.8) is 0 Å². The molecule has 0 atom stereocenters. The van der Waals surface area contributed by atoms with E-state index in [1.165, 1.54) is 11.3 Å². The van der Waals surface area contributed by atoms with Crippen LogP contribution in [0.4, 0.5) is 5.13 Å². The summed E-state index contributed by atoms with van der Waals surface area (Å²) < 4.78 is 0. The number of anilines is 1. The summed E-state index contributed by atoms with van der Waals surface area (Å²) in [6.45, 7) is 2.00. The van der Waals surface area contributed by atoms with Gasteiger partial charge in [0, 0.05) is 5.38 Å². The zero-order valence-electron chi connectivity index (χ0n) is 10.5. The number of amides is 1. The first-order valence-electron chi connectivity index (χ1n) is 5.72. The second-order valence-corrected chi connectivity index (χ2v) is 4.95. The number of carbonyl (C=O) groups excluding carboxylic acids is 1. The Morgan fingerprint density at radius 2 is 2.42 bits per heavy atom. The lowest BCUT2D eigenvalue weighted by Crippen LogP contribution is -2.19. The molecule has 0 saturated carbocycles. The first-order chi connectivity index (χ1) is 9.13. The summed E-state index contributed by atoms with van der Waals surface area (Å²) in [5, 5.41) is 6.13. The predicted molar refractivity (Wildman–Crippen MR) is 77.1 cm³/mol. The number of nitrogens with zero attached hydrogens (tertiary/aromatic N) is 2. The highest BCUT2D eigenvalue weighted by atomic mass is 32.1. The minimum atomic E-state index is -0.214. The van der Waals surface area contributed by atoms with Gasteiger partial charge in [-0.3, -0.25) is 4.79 Å². The molecule has 0 saturated heterocycles. The van der Waals surface area contributed by atoms with Crippen LogP contribution >= 0.6 is 11.3 Å². The third-order valence-electron chi connectivity index (χ3n) is 2.36. The van der Waals surface area contributed by atoms with Crippen LogP contribution in [-0.4, -0.2) is 17.1 Å². The van der Waals surface area contributed by atoms with Gasteiger partial charge in [0.1, 0.15) is 0 Å². The molecule has 0 unspecified atom stereocenters. The van der Waals surface area contributed by atoms with Crippen molar-refractivity contribution in [1.82, 2.24) is 10.4 Å². The van der Waals surface area contributed by atoms with E-state index in [4.69, 9.17) is 5.73 Å². The Labute approximate surface area is 115 Å². The van der Waals surface area contributed by atoms with Crippen molar-refractivity contribution in [1.29, 1.82) is 0 Å². The summed E-state index contributed by atoms with van der Waals surface area (Å²) in [6.07, 6.45) is 1.79. The molecule has 6 heteroatoms. The van der Waals surface area contributed by atoms with Crippen molar-refractivity contribution >= 4 is 28.6 Å². The van der Waals surface area contributed by atoms with Crippen molar-refractivity contribution in [2.24, 2.45) is 5.10 Å². The van der Waals surface area contributed by atoms with Gasteiger partial charge in [-0.15, -0.1) is 11.3 Å². The fourth-order valence-corrected chi connectivity index (χ4v) is 2.10. The molecular formula is C13H14N4OS. The summed E-state index contributed by atoms with van der Waals surface area (Å²) in [5.41, 5.74) is 10.7. The number of benzene rings is 1.